The van der Waals surface area contributed by atoms with Gasteiger partial charge in [0.2, 0.25) is 0 Å². The van der Waals surface area contributed by atoms with Crippen LogP contribution in [0.1, 0.15) is 5.56 Å². The maximum Gasteiger partial charge on any atom is 0.191 e. The number of nitrogens with two attached hydrogens (primary N) is 3. The second-order valence-corrected chi connectivity index (χ2v) is 2.58. The molecular formula is C8H12N4. The maximum absolute atomic E-state index is 5.55. The van der Waals surface area contributed by atoms with Gasteiger partial charge in [0.15, 0.2) is 5.96 Å². The molecule has 1 aromatic carbocycles. The monoisotopic (exact) mass is 166 g/mol. The highest BCUT2D eigenvalue weighted by Gasteiger charge is 1.96. The molecule has 0 saturated heterocycles. The highest BCUT2D eigenvalue weighted by atomic mass is 15.4. The SMILES string of the molecule is Cc1ccc(N)c[14c]1N=C(N)N. The van der Waals surface area contributed by atoms with Crippen LogP contribution in [0.15, 0.2) is 23.2 Å². The van der Waals surface area contributed by atoms with E-state index in [1.165, 1.54) is 0 Å². The first-order valence-electron chi connectivity index (χ1n) is 3.55. The van der Waals surface area contributed by atoms with Gasteiger partial charge in [-0.3, -0.25) is 0 Å². The quantitative estimate of drug-likeness (QED) is 0.322. The van der Waals surface area contributed by atoms with Gasteiger partial charge in [-0.25, -0.2) is 4.99 Å². The summed E-state index contributed by atoms with van der Waals surface area (Å²) in [4.78, 5) is 3.91. The Hall–Kier alpha value is -1.71. The molecule has 0 amide bonds. The minimum atomic E-state index is 0.0451. The smallest absolute Gasteiger partial charge is 0.191 e. The van der Waals surface area contributed by atoms with Crippen LogP contribution in [0.4, 0.5) is 11.4 Å². The normalized spacial score (nSPS) is 9.42. The molecule has 0 bridgehead atoms. The van der Waals surface area contributed by atoms with E-state index in [9.17, 15) is 0 Å². The van der Waals surface area contributed by atoms with Crippen LogP contribution in [-0.2, 0) is 0 Å². The van der Waals surface area contributed by atoms with Crippen LogP contribution in [-0.4, -0.2) is 5.96 Å². The predicted molar refractivity (Wildman–Crippen MR) is 51.1 cm³/mol. The molecule has 0 atom stereocenters. The molecule has 0 aliphatic rings. The number of rotatable bonds is 1. The first-order chi connectivity index (χ1) is 5.59. The number of benzene rings is 1. The van der Waals surface area contributed by atoms with E-state index < -0.39 is 0 Å². The molecule has 0 unspecified atom stereocenters. The van der Waals surface area contributed by atoms with Crippen molar-refractivity contribution < 1.29 is 0 Å². The highest BCUT2D eigenvalue weighted by Crippen LogP contribution is 2.20. The summed E-state index contributed by atoms with van der Waals surface area (Å²) in [6.45, 7) is 1.92. The first-order valence-corrected chi connectivity index (χ1v) is 3.55. The van der Waals surface area contributed by atoms with Gasteiger partial charge in [0, 0.05) is 5.69 Å². The third-order valence-corrected chi connectivity index (χ3v) is 1.48. The van der Waals surface area contributed by atoms with Gasteiger partial charge in [0.05, 0.1) is 5.69 Å². The van der Waals surface area contributed by atoms with Crippen molar-refractivity contribution in [2.45, 2.75) is 6.92 Å². The molecule has 0 aliphatic heterocycles. The average molecular weight is 166 g/mol. The first kappa shape index (κ1) is 8.39. The van der Waals surface area contributed by atoms with E-state index in [2.05, 4.69) is 4.99 Å². The Morgan fingerprint density at radius 1 is 1.42 bits per heavy atom. The molecule has 0 aliphatic carbocycles. The molecule has 0 fully saturated rings. The van der Waals surface area contributed by atoms with E-state index in [1.807, 2.05) is 13.0 Å². The Kier molecular flexibility index (Phi) is 2.19. The van der Waals surface area contributed by atoms with Crippen molar-refractivity contribution in [2.75, 3.05) is 5.73 Å². The summed E-state index contributed by atoms with van der Waals surface area (Å²) in [7, 11) is 0. The summed E-state index contributed by atoms with van der Waals surface area (Å²) in [6, 6.07) is 5.41. The number of hydrogen-bond donors (Lipinski definition) is 3. The highest BCUT2D eigenvalue weighted by molar-refractivity contribution is 5.80. The third kappa shape index (κ3) is 1.88. The fraction of sp³-hybridized carbons (Fsp3) is 0.125. The lowest BCUT2D eigenvalue weighted by molar-refractivity contribution is 1.36. The van der Waals surface area contributed by atoms with E-state index in [0.717, 1.165) is 11.3 Å². The molecular weight excluding hydrogens is 154 g/mol. The summed E-state index contributed by atoms with van der Waals surface area (Å²) in [5, 5.41) is 0. The van der Waals surface area contributed by atoms with Crippen molar-refractivity contribution in [1.82, 2.24) is 0 Å². The van der Waals surface area contributed by atoms with Crippen LogP contribution in [0.25, 0.3) is 0 Å². The van der Waals surface area contributed by atoms with E-state index in [1.54, 1.807) is 12.1 Å². The van der Waals surface area contributed by atoms with Crippen molar-refractivity contribution in [2.24, 2.45) is 16.5 Å². The van der Waals surface area contributed by atoms with Crippen LogP contribution >= 0.6 is 0 Å². The van der Waals surface area contributed by atoms with Crippen molar-refractivity contribution >= 4 is 17.3 Å². The average Bonchev–Trinajstić information content (AvgIpc) is 1.96. The van der Waals surface area contributed by atoms with Gasteiger partial charge < -0.3 is 17.2 Å². The minimum Gasteiger partial charge on any atom is -0.399 e. The second-order valence-electron chi connectivity index (χ2n) is 2.58. The van der Waals surface area contributed by atoms with Gasteiger partial charge >= 0.3 is 0 Å². The van der Waals surface area contributed by atoms with Gasteiger partial charge in [-0.15, -0.1) is 0 Å². The zero-order valence-corrected chi connectivity index (χ0v) is 6.91. The fourth-order valence-corrected chi connectivity index (χ4v) is 0.886. The maximum atomic E-state index is 5.55. The van der Waals surface area contributed by atoms with Crippen LogP contribution in [0.5, 0.6) is 0 Å². The molecule has 1 aromatic rings. The van der Waals surface area contributed by atoms with E-state index >= 15 is 0 Å². The summed E-state index contributed by atoms with van der Waals surface area (Å²) < 4.78 is 0. The van der Waals surface area contributed by atoms with Crippen molar-refractivity contribution in [1.29, 1.82) is 0 Å². The number of guanidine groups is 1. The molecule has 0 radical (unpaired) electrons. The van der Waals surface area contributed by atoms with Crippen molar-refractivity contribution in [3.8, 4) is 0 Å². The number of nitrogens with zero attached hydrogens (tertiary/aromatic N) is 1. The summed E-state index contributed by atoms with van der Waals surface area (Å²) >= 11 is 0. The zero-order valence-electron chi connectivity index (χ0n) is 6.91. The Labute approximate surface area is 71.1 Å². The molecule has 12 heavy (non-hydrogen) atoms. The topological polar surface area (TPSA) is 90.4 Å². The van der Waals surface area contributed by atoms with E-state index in [4.69, 9.17) is 17.2 Å². The Bertz CT molecular complexity index is 313. The number of nitrogen functional groups attached to an aromatic ring is 1. The number of hydrogen-bond acceptors (Lipinski definition) is 2. The van der Waals surface area contributed by atoms with Gasteiger partial charge in [-0.05, 0) is 24.6 Å². The van der Waals surface area contributed by atoms with E-state index in [0.29, 0.717) is 5.69 Å². The molecule has 0 heterocycles. The molecule has 4 nitrogen and oxygen atoms in total. The van der Waals surface area contributed by atoms with Crippen LogP contribution < -0.4 is 17.2 Å². The number of aliphatic imine (C=N–C) groups is 1. The van der Waals surface area contributed by atoms with Gasteiger partial charge in [0.1, 0.15) is 0 Å². The second kappa shape index (κ2) is 3.13. The molecule has 6 N–H and O–H groups in total. The molecule has 0 saturated carbocycles. The molecule has 0 spiro atoms. The molecule has 0 aromatic heterocycles. The van der Waals surface area contributed by atoms with Crippen LogP contribution in [0.2, 0.25) is 0 Å². The van der Waals surface area contributed by atoms with Crippen LogP contribution in [0, 0.1) is 6.92 Å². The van der Waals surface area contributed by atoms with Crippen molar-refractivity contribution in [3.63, 3.8) is 0 Å². The Balaban J connectivity index is 3.14. The van der Waals surface area contributed by atoms with Crippen molar-refractivity contribution in [3.05, 3.63) is 23.8 Å². The molecule has 1 rings (SSSR count). The Morgan fingerprint density at radius 2 is 2.08 bits per heavy atom. The number of anilines is 1. The third-order valence-electron chi connectivity index (χ3n) is 1.48. The van der Waals surface area contributed by atoms with Gasteiger partial charge in [-0.1, -0.05) is 6.07 Å². The summed E-state index contributed by atoms with van der Waals surface area (Å²) in [5.74, 6) is 0.0451. The summed E-state index contributed by atoms with van der Waals surface area (Å²) in [6.07, 6.45) is 0. The molecule has 4 heteroatoms. The predicted octanol–water partition coefficient (Wildman–Crippen LogP) is 0.482. The van der Waals surface area contributed by atoms with E-state index in [-0.39, 0.29) is 5.96 Å². The fourth-order valence-electron chi connectivity index (χ4n) is 0.886. The van der Waals surface area contributed by atoms with Gasteiger partial charge in [0.25, 0.3) is 0 Å². The lowest BCUT2D eigenvalue weighted by Gasteiger charge is -2.01. The zero-order chi connectivity index (χ0) is 9.14. The van der Waals surface area contributed by atoms with Crippen LogP contribution in [0.3, 0.4) is 0 Å². The minimum absolute atomic E-state index is 0.0451. The lowest BCUT2D eigenvalue weighted by atomic mass is 10.3. The van der Waals surface area contributed by atoms with Gasteiger partial charge in [-0.2, -0.15) is 0 Å². The largest absolute Gasteiger partial charge is 0.399 e. The molecule has 64 valence electrons. The Morgan fingerprint density at radius 3 is 2.67 bits per heavy atom. The summed E-state index contributed by atoms with van der Waals surface area (Å²) in [5.41, 5.74) is 18.4. The lowest BCUT2D eigenvalue weighted by Crippen LogP contribution is -2.22. The number of aryl methyl sites for hydroxylation is 1. The standard InChI is InChI=1S/C8H12N4/c1-5-2-3-6(9)4-7(5)12-8(10)11/h2-4H,9H2,1H3,(H4,10,11,12)/i7+2.